The molecule has 0 saturated carbocycles. The van der Waals surface area contributed by atoms with Gasteiger partial charge in [0.05, 0.1) is 0 Å². The highest BCUT2D eigenvalue weighted by Gasteiger charge is 2.17. The summed E-state index contributed by atoms with van der Waals surface area (Å²) in [6.45, 7) is 4.51. The van der Waals surface area contributed by atoms with Crippen molar-refractivity contribution < 1.29 is 9.53 Å². The molecule has 1 atom stereocenters. The van der Waals surface area contributed by atoms with Crippen molar-refractivity contribution in [2.24, 2.45) is 0 Å². The van der Waals surface area contributed by atoms with Gasteiger partial charge in [-0.3, -0.25) is 4.79 Å². The highest BCUT2D eigenvalue weighted by Crippen LogP contribution is 2.12. The standard InChI is InChI=1S/C18H21NO2/c1-3-17(21-16-7-5-4-6-8-16)18(20)19-13-15-11-9-14(2)10-12-15/h4-12,17H,3,13H2,1-2H3,(H,19,20)/t17-/m0/s1. The lowest BCUT2D eigenvalue weighted by Gasteiger charge is -2.17. The van der Waals surface area contributed by atoms with Crippen LogP contribution >= 0.6 is 0 Å². The number of ether oxygens (including phenoxy) is 1. The van der Waals surface area contributed by atoms with E-state index in [4.69, 9.17) is 4.74 Å². The van der Waals surface area contributed by atoms with Crippen molar-refractivity contribution in [3.63, 3.8) is 0 Å². The van der Waals surface area contributed by atoms with Gasteiger partial charge in [-0.2, -0.15) is 0 Å². The third-order valence-corrected chi connectivity index (χ3v) is 3.27. The SMILES string of the molecule is CC[C@H](Oc1ccccc1)C(=O)NCc1ccc(C)cc1. The van der Waals surface area contributed by atoms with E-state index in [9.17, 15) is 4.79 Å². The van der Waals surface area contributed by atoms with Gasteiger partial charge in [0.25, 0.3) is 5.91 Å². The summed E-state index contributed by atoms with van der Waals surface area (Å²) >= 11 is 0. The van der Waals surface area contributed by atoms with Gasteiger partial charge in [-0.25, -0.2) is 0 Å². The molecule has 0 aliphatic rings. The molecule has 1 N–H and O–H groups in total. The summed E-state index contributed by atoms with van der Waals surface area (Å²) in [6.07, 6.45) is 0.173. The van der Waals surface area contributed by atoms with Gasteiger partial charge in [0.2, 0.25) is 0 Å². The van der Waals surface area contributed by atoms with E-state index in [1.165, 1.54) is 5.56 Å². The van der Waals surface area contributed by atoms with Crippen molar-refractivity contribution in [2.45, 2.75) is 32.9 Å². The van der Waals surface area contributed by atoms with E-state index in [-0.39, 0.29) is 5.91 Å². The lowest BCUT2D eigenvalue weighted by Crippen LogP contribution is -2.37. The van der Waals surface area contributed by atoms with Crippen LogP contribution in [0.15, 0.2) is 54.6 Å². The minimum Gasteiger partial charge on any atom is -0.481 e. The Morgan fingerprint density at radius 2 is 1.76 bits per heavy atom. The van der Waals surface area contributed by atoms with Crippen LogP contribution in [0.5, 0.6) is 5.75 Å². The minimum absolute atomic E-state index is 0.0815. The highest BCUT2D eigenvalue weighted by molar-refractivity contribution is 5.81. The Labute approximate surface area is 126 Å². The zero-order valence-electron chi connectivity index (χ0n) is 12.5. The normalized spacial score (nSPS) is 11.7. The van der Waals surface area contributed by atoms with Crippen molar-refractivity contribution in [1.29, 1.82) is 0 Å². The molecule has 0 heterocycles. The molecule has 21 heavy (non-hydrogen) atoms. The van der Waals surface area contributed by atoms with E-state index in [0.29, 0.717) is 13.0 Å². The maximum absolute atomic E-state index is 12.2. The molecule has 0 spiro atoms. The first kappa shape index (κ1) is 15.1. The van der Waals surface area contributed by atoms with Crippen molar-refractivity contribution in [2.75, 3.05) is 0 Å². The van der Waals surface area contributed by atoms with Gasteiger partial charge < -0.3 is 10.1 Å². The van der Waals surface area contributed by atoms with Gasteiger partial charge >= 0.3 is 0 Å². The monoisotopic (exact) mass is 283 g/mol. The summed E-state index contributed by atoms with van der Waals surface area (Å²) in [6, 6.07) is 17.6. The molecule has 3 heteroatoms. The second-order valence-electron chi connectivity index (χ2n) is 5.03. The van der Waals surface area contributed by atoms with Crippen molar-refractivity contribution in [1.82, 2.24) is 5.32 Å². The summed E-state index contributed by atoms with van der Waals surface area (Å²) in [5, 5.41) is 2.93. The summed E-state index contributed by atoms with van der Waals surface area (Å²) < 4.78 is 5.72. The van der Waals surface area contributed by atoms with E-state index in [1.807, 2.05) is 68.4 Å². The number of amides is 1. The molecule has 2 aromatic rings. The average molecular weight is 283 g/mol. The molecule has 3 nitrogen and oxygen atoms in total. The number of carbonyl (C=O) groups is 1. The topological polar surface area (TPSA) is 38.3 Å². The molecular weight excluding hydrogens is 262 g/mol. The van der Waals surface area contributed by atoms with Crippen LogP contribution in [-0.4, -0.2) is 12.0 Å². The number of benzene rings is 2. The predicted molar refractivity (Wildman–Crippen MR) is 84.2 cm³/mol. The largest absolute Gasteiger partial charge is 0.481 e. The molecule has 0 aliphatic heterocycles. The number of nitrogens with one attached hydrogen (secondary N) is 1. The Bertz CT molecular complexity index is 564. The third kappa shape index (κ3) is 4.63. The van der Waals surface area contributed by atoms with Gasteiger partial charge in [-0.1, -0.05) is 55.0 Å². The Balaban J connectivity index is 1.89. The van der Waals surface area contributed by atoms with Crippen LogP contribution in [0.4, 0.5) is 0 Å². The van der Waals surface area contributed by atoms with Crippen molar-refractivity contribution >= 4 is 5.91 Å². The van der Waals surface area contributed by atoms with Gasteiger partial charge in [0, 0.05) is 6.54 Å². The quantitative estimate of drug-likeness (QED) is 0.881. The smallest absolute Gasteiger partial charge is 0.261 e. The Morgan fingerprint density at radius 1 is 1.10 bits per heavy atom. The lowest BCUT2D eigenvalue weighted by molar-refractivity contribution is -0.128. The molecule has 0 bridgehead atoms. The third-order valence-electron chi connectivity index (χ3n) is 3.27. The van der Waals surface area contributed by atoms with Crippen molar-refractivity contribution in [3.8, 4) is 5.75 Å². The van der Waals surface area contributed by atoms with Gasteiger partial charge in [-0.05, 0) is 31.0 Å². The summed E-state index contributed by atoms with van der Waals surface area (Å²) in [4.78, 5) is 12.2. The van der Waals surface area contributed by atoms with E-state index in [0.717, 1.165) is 11.3 Å². The molecule has 2 aromatic carbocycles. The van der Waals surface area contributed by atoms with E-state index in [2.05, 4.69) is 5.32 Å². The number of hydrogen-bond acceptors (Lipinski definition) is 2. The van der Waals surface area contributed by atoms with Crippen LogP contribution in [0.1, 0.15) is 24.5 Å². The number of carbonyl (C=O) groups excluding carboxylic acids is 1. The fraction of sp³-hybridized carbons (Fsp3) is 0.278. The number of rotatable bonds is 6. The number of aryl methyl sites for hydroxylation is 1. The van der Waals surface area contributed by atoms with Crippen LogP contribution in [0, 0.1) is 6.92 Å². The molecule has 0 radical (unpaired) electrons. The fourth-order valence-electron chi connectivity index (χ4n) is 1.99. The molecule has 0 aliphatic carbocycles. The molecule has 0 fully saturated rings. The zero-order chi connectivity index (χ0) is 15.1. The second kappa shape index (κ2) is 7.48. The van der Waals surface area contributed by atoms with Crippen LogP contribution < -0.4 is 10.1 Å². The number of hydrogen-bond donors (Lipinski definition) is 1. The zero-order valence-corrected chi connectivity index (χ0v) is 12.5. The minimum atomic E-state index is -0.460. The van der Waals surface area contributed by atoms with E-state index >= 15 is 0 Å². The maximum atomic E-state index is 12.2. The van der Waals surface area contributed by atoms with Crippen LogP contribution in [0.25, 0.3) is 0 Å². The molecule has 110 valence electrons. The molecule has 0 unspecified atom stereocenters. The van der Waals surface area contributed by atoms with Gasteiger partial charge in [-0.15, -0.1) is 0 Å². The van der Waals surface area contributed by atoms with Gasteiger partial charge in [0.1, 0.15) is 5.75 Å². The molecule has 0 aromatic heterocycles. The van der Waals surface area contributed by atoms with Crippen LogP contribution in [-0.2, 0) is 11.3 Å². The van der Waals surface area contributed by atoms with E-state index in [1.54, 1.807) is 0 Å². The Morgan fingerprint density at radius 3 is 2.38 bits per heavy atom. The predicted octanol–water partition coefficient (Wildman–Crippen LogP) is 3.47. The molecule has 1 amide bonds. The lowest BCUT2D eigenvalue weighted by atomic mass is 10.1. The average Bonchev–Trinajstić information content (AvgIpc) is 2.52. The van der Waals surface area contributed by atoms with Gasteiger partial charge in [0.15, 0.2) is 6.10 Å². The molecule has 0 saturated heterocycles. The Kier molecular flexibility index (Phi) is 5.38. The first-order chi connectivity index (χ1) is 10.2. The first-order valence-electron chi connectivity index (χ1n) is 7.24. The fourth-order valence-corrected chi connectivity index (χ4v) is 1.99. The number of para-hydroxylation sites is 1. The van der Waals surface area contributed by atoms with E-state index < -0.39 is 6.10 Å². The Hall–Kier alpha value is -2.29. The van der Waals surface area contributed by atoms with Crippen LogP contribution in [0.2, 0.25) is 0 Å². The molecular formula is C18H21NO2. The summed E-state index contributed by atoms with van der Waals surface area (Å²) in [5.41, 5.74) is 2.30. The van der Waals surface area contributed by atoms with Crippen molar-refractivity contribution in [3.05, 3.63) is 65.7 Å². The summed E-state index contributed by atoms with van der Waals surface area (Å²) in [7, 11) is 0. The highest BCUT2D eigenvalue weighted by atomic mass is 16.5. The van der Waals surface area contributed by atoms with Crippen LogP contribution in [0.3, 0.4) is 0 Å². The molecule has 2 rings (SSSR count). The maximum Gasteiger partial charge on any atom is 0.261 e. The second-order valence-corrected chi connectivity index (χ2v) is 5.03. The summed E-state index contributed by atoms with van der Waals surface area (Å²) in [5.74, 6) is 0.636. The first-order valence-corrected chi connectivity index (χ1v) is 7.24.